The molecule has 2 aromatic heterocycles. The number of ether oxygens (including phenoxy) is 1. The van der Waals surface area contributed by atoms with Crippen LogP contribution in [0, 0.1) is 0 Å². The summed E-state index contributed by atoms with van der Waals surface area (Å²) in [4.78, 5) is 31.0. The maximum absolute atomic E-state index is 12.4. The third-order valence-corrected chi connectivity index (χ3v) is 6.57. The zero-order chi connectivity index (χ0) is 22.1. The smallest absolute Gasteiger partial charge is 0.280 e. The van der Waals surface area contributed by atoms with Crippen LogP contribution in [0.2, 0.25) is 0 Å². The fourth-order valence-corrected chi connectivity index (χ4v) is 4.78. The van der Waals surface area contributed by atoms with Gasteiger partial charge in [0.2, 0.25) is 17.7 Å². The van der Waals surface area contributed by atoms with Crippen LogP contribution in [0.5, 0.6) is 5.75 Å². The van der Waals surface area contributed by atoms with E-state index in [9.17, 15) is 9.59 Å². The van der Waals surface area contributed by atoms with Crippen LogP contribution in [0.3, 0.4) is 0 Å². The number of hydrogen-bond acceptors (Lipinski definition) is 9. The second-order valence-electron chi connectivity index (χ2n) is 7.79. The Morgan fingerprint density at radius 3 is 2.94 bits per heavy atom. The van der Waals surface area contributed by atoms with Crippen molar-refractivity contribution >= 4 is 23.2 Å². The molecule has 2 amide bonds. The van der Waals surface area contributed by atoms with Crippen molar-refractivity contribution < 1.29 is 18.7 Å². The zero-order valence-electron chi connectivity index (χ0n) is 17.4. The van der Waals surface area contributed by atoms with Crippen molar-refractivity contribution in [3.63, 3.8) is 0 Å². The number of piperazine rings is 1. The first-order valence-electron chi connectivity index (χ1n) is 10.3. The van der Waals surface area contributed by atoms with Crippen LogP contribution < -0.4 is 15.4 Å². The Labute approximate surface area is 188 Å². The van der Waals surface area contributed by atoms with Crippen LogP contribution in [0.25, 0.3) is 11.5 Å². The Morgan fingerprint density at radius 2 is 2.19 bits per heavy atom. The fraction of sp³-hybridized carbons (Fsp3) is 0.381. The van der Waals surface area contributed by atoms with E-state index in [1.54, 1.807) is 18.7 Å². The lowest BCUT2D eigenvalue weighted by Gasteiger charge is -2.36. The van der Waals surface area contributed by atoms with E-state index in [1.165, 1.54) is 11.3 Å². The summed E-state index contributed by atoms with van der Waals surface area (Å²) in [6, 6.07) is 6.99. The summed E-state index contributed by atoms with van der Waals surface area (Å²) in [5, 5.41) is 16.5. The number of aromatic nitrogens is 3. The van der Waals surface area contributed by atoms with Crippen LogP contribution in [-0.2, 0) is 11.2 Å². The largest absolute Gasteiger partial charge is 0.497 e. The molecule has 166 valence electrons. The van der Waals surface area contributed by atoms with E-state index in [2.05, 4.69) is 30.7 Å². The molecule has 2 aliphatic rings. The van der Waals surface area contributed by atoms with Gasteiger partial charge in [0.25, 0.3) is 5.91 Å². The molecule has 4 heterocycles. The molecule has 3 atom stereocenters. The summed E-state index contributed by atoms with van der Waals surface area (Å²) in [5.74, 6) is 1.47. The predicted octanol–water partition coefficient (Wildman–Crippen LogP) is 1.12. The lowest BCUT2D eigenvalue weighted by atomic mass is 10.1. The Bertz CT molecular complexity index is 1100. The number of rotatable bonds is 6. The number of amides is 2. The van der Waals surface area contributed by atoms with Crippen LogP contribution in [0.4, 0.5) is 0 Å². The van der Waals surface area contributed by atoms with Crippen molar-refractivity contribution in [2.45, 2.75) is 31.0 Å². The van der Waals surface area contributed by atoms with Crippen LogP contribution in [0.1, 0.15) is 22.1 Å². The molecular formula is C21H22N6O4S. The lowest BCUT2D eigenvalue weighted by molar-refractivity contribution is -0.129. The minimum Gasteiger partial charge on any atom is -0.497 e. The van der Waals surface area contributed by atoms with Gasteiger partial charge in [-0.15, -0.1) is 21.5 Å². The van der Waals surface area contributed by atoms with E-state index < -0.39 is 0 Å². The van der Waals surface area contributed by atoms with Gasteiger partial charge in [-0.2, -0.15) is 0 Å². The van der Waals surface area contributed by atoms with Crippen LogP contribution in [-0.4, -0.2) is 70.2 Å². The molecule has 32 heavy (non-hydrogen) atoms. The molecule has 0 radical (unpaired) electrons. The topological polar surface area (TPSA) is 122 Å². The minimum atomic E-state index is -0.292. The number of thiazole rings is 1. The molecule has 2 saturated heterocycles. The highest BCUT2D eigenvalue weighted by atomic mass is 32.1. The monoisotopic (exact) mass is 454 g/mol. The van der Waals surface area contributed by atoms with Crippen molar-refractivity contribution in [1.29, 1.82) is 0 Å². The van der Waals surface area contributed by atoms with Gasteiger partial charge >= 0.3 is 0 Å². The summed E-state index contributed by atoms with van der Waals surface area (Å²) in [5.41, 5.74) is 0.811. The number of fused-ring (bicyclic) bond motifs is 1. The first kappa shape index (κ1) is 20.6. The van der Waals surface area contributed by atoms with E-state index >= 15 is 0 Å². The van der Waals surface area contributed by atoms with E-state index in [-0.39, 0.29) is 29.9 Å². The summed E-state index contributed by atoms with van der Waals surface area (Å²) in [6.07, 6.45) is 2.67. The predicted molar refractivity (Wildman–Crippen MR) is 115 cm³/mol. The molecule has 11 heteroatoms. The number of carbonyl (C=O) groups is 2. The quantitative estimate of drug-likeness (QED) is 0.568. The molecule has 2 N–H and O–H groups in total. The highest BCUT2D eigenvalue weighted by molar-refractivity contribution is 7.11. The number of carbonyl (C=O) groups excluding carboxylic acids is 2. The first-order chi connectivity index (χ1) is 15.6. The normalized spacial score (nSPS) is 22.9. The molecule has 3 aromatic rings. The fourth-order valence-electron chi connectivity index (χ4n) is 4.24. The number of nitrogens with one attached hydrogen (secondary N) is 2. The Hall–Kier alpha value is -3.31. The van der Waals surface area contributed by atoms with E-state index in [1.807, 2.05) is 24.3 Å². The summed E-state index contributed by atoms with van der Waals surface area (Å²) in [7, 11) is 1.61. The summed E-state index contributed by atoms with van der Waals surface area (Å²) in [6.45, 7) is 1.07. The number of benzene rings is 1. The molecule has 10 nitrogen and oxygen atoms in total. The lowest BCUT2D eigenvalue weighted by Crippen LogP contribution is -2.58. The van der Waals surface area contributed by atoms with E-state index in [4.69, 9.17) is 9.15 Å². The van der Waals surface area contributed by atoms with Crippen molar-refractivity contribution in [1.82, 2.24) is 30.7 Å². The molecule has 5 rings (SSSR count). The van der Waals surface area contributed by atoms with Gasteiger partial charge in [0.05, 0.1) is 13.2 Å². The Kier molecular flexibility index (Phi) is 5.58. The van der Waals surface area contributed by atoms with Gasteiger partial charge in [-0.05, 0) is 30.7 Å². The maximum Gasteiger partial charge on any atom is 0.280 e. The number of nitrogens with zero attached hydrogens (tertiary/aromatic N) is 4. The first-order valence-corrected chi connectivity index (χ1v) is 11.2. The van der Waals surface area contributed by atoms with Crippen molar-refractivity contribution in [2.75, 3.05) is 20.2 Å². The molecular weight excluding hydrogens is 432 g/mol. The third kappa shape index (κ3) is 4.08. The van der Waals surface area contributed by atoms with Crippen molar-refractivity contribution in [3.8, 4) is 17.2 Å². The minimum absolute atomic E-state index is 0.00336. The second kappa shape index (κ2) is 8.67. The highest BCUT2D eigenvalue weighted by Crippen LogP contribution is 2.27. The molecule has 0 aliphatic carbocycles. The second-order valence-corrected chi connectivity index (χ2v) is 8.68. The van der Waals surface area contributed by atoms with Crippen LogP contribution in [0.15, 0.2) is 40.3 Å². The van der Waals surface area contributed by atoms with Crippen LogP contribution >= 0.6 is 11.3 Å². The van der Waals surface area contributed by atoms with Gasteiger partial charge in [-0.3, -0.25) is 14.5 Å². The standard InChI is InChI=1S/C21H22N6O4S/c1-30-15-4-2-12(3-5-15)20-26-25-17(31-20)9-14-10-23-18(28)16-8-13(11-27(14)16)24-19(29)21-22-6-7-32-21/h2-7,13-14,16H,8-11H2,1H3,(H,23,28)(H,24,29)/t13-,14+,16-/m0/s1. The van der Waals surface area contributed by atoms with Gasteiger partial charge in [0, 0.05) is 48.7 Å². The molecule has 0 bridgehead atoms. The molecule has 1 aromatic carbocycles. The van der Waals surface area contributed by atoms with Gasteiger partial charge in [0.15, 0.2) is 5.01 Å². The average molecular weight is 455 g/mol. The number of hydrogen-bond donors (Lipinski definition) is 2. The summed E-state index contributed by atoms with van der Waals surface area (Å²) < 4.78 is 11.1. The SMILES string of the molecule is COc1ccc(-c2nnc(C[C@@H]3CNC(=O)[C@@H]4C[C@H](NC(=O)c5nccs5)CN34)o2)cc1. The Balaban J connectivity index is 1.26. The maximum atomic E-state index is 12.4. The van der Waals surface area contributed by atoms with Gasteiger partial charge in [-0.1, -0.05) is 0 Å². The van der Waals surface area contributed by atoms with E-state index in [0.717, 1.165) is 11.3 Å². The molecule has 0 saturated carbocycles. The molecule has 0 unspecified atom stereocenters. The van der Waals surface area contributed by atoms with Crippen molar-refractivity contribution in [2.24, 2.45) is 0 Å². The zero-order valence-corrected chi connectivity index (χ0v) is 18.2. The number of methoxy groups -OCH3 is 1. The van der Waals surface area contributed by atoms with Gasteiger partial charge < -0.3 is 19.8 Å². The third-order valence-electron chi connectivity index (χ3n) is 5.80. The van der Waals surface area contributed by atoms with Crippen molar-refractivity contribution in [3.05, 3.63) is 46.7 Å². The van der Waals surface area contributed by atoms with Gasteiger partial charge in [-0.25, -0.2) is 4.98 Å². The average Bonchev–Trinajstić information content (AvgIpc) is 3.57. The molecule has 0 spiro atoms. The summed E-state index contributed by atoms with van der Waals surface area (Å²) >= 11 is 1.29. The Morgan fingerprint density at radius 1 is 1.34 bits per heavy atom. The highest BCUT2D eigenvalue weighted by Gasteiger charge is 2.44. The van der Waals surface area contributed by atoms with E-state index in [0.29, 0.717) is 42.7 Å². The molecule has 2 fully saturated rings. The van der Waals surface area contributed by atoms with Gasteiger partial charge in [0.1, 0.15) is 5.75 Å². The molecule has 2 aliphatic heterocycles.